The normalized spacial score (nSPS) is 15.7. The number of rotatable bonds is 7. The number of hydrogen-bond donors (Lipinski definition) is 2. The van der Waals surface area contributed by atoms with E-state index in [2.05, 4.69) is 25.6 Å². The number of fused-ring (bicyclic) bond motifs is 1. The Morgan fingerprint density at radius 2 is 2.15 bits per heavy atom. The van der Waals surface area contributed by atoms with Gasteiger partial charge in [0.25, 0.3) is 5.91 Å². The van der Waals surface area contributed by atoms with Crippen molar-refractivity contribution in [3.63, 3.8) is 0 Å². The van der Waals surface area contributed by atoms with Gasteiger partial charge in [0.1, 0.15) is 5.82 Å². The van der Waals surface area contributed by atoms with E-state index in [1.165, 1.54) is 0 Å². The molecule has 1 fully saturated rings. The van der Waals surface area contributed by atoms with E-state index in [1.807, 2.05) is 0 Å². The smallest absolute Gasteiger partial charge is 0.256 e. The largest absolute Gasteiger partial charge is 0.364 e. The number of carbonyl (C=O) groups is 2. The van der Waals surface area contributed by atoms with Crippen LogP contribution in [0.5, 0.6) is 0 Å². The molecule has 8 heteroatoms. The second-order valence-corrected chi connectivity index (χ2v) is 6.53. The fourth-order valence-corrected chi connectivity index (χ4v) is 2.92. The zero-order chi connectivity index (χ0) is 17.9. The highest BCUT2D eigenvalue weighted by Crippen LogP contribution is 2.28. The highest BCUT2D eigenvalue weighted by molar-refractivity contribution is 5.98. The molecule has 3 heterocycles. The fourth-order valence-electron chi connectivity index (χ4n) is 2.92. The second kappa shape index (κ2) is 7.07. The third-order valence-electron chi connectivity index (χ3n) is 4.53. The molecule has 4 rings (SSSR count). The fraction of sp³-hybridized carbons (Fsp3) is 0.389. The molecule has 134 valence electrons. The monoisotopic (exact) mass is 352 g/mol. The summed E-state index contributed by atoms with van der Waals surface area (Å²) in [6.45, 7) is 1.96. The Bertz CT molecular complexity index is 822. The summed E-state index contributed by atoms with van der Waals surface area (Å²) < 4.78 is 0. The number of hydrogen-bond acceptors (Lipinski definition) is 6. The Kier molecular flexibility index (Phi) is 4.47. The molecule has 0 aromatic carbocycles. The maximum absolute atomic E-state index is 12.4. The van der Waals surface area contributed by atoms with Gasteiger partial charge in [0.2, 0.25) is 5.91 Å². The van der Waals surface area contributed by atoms with Crippen LogP contribution >= 0.6 is 0 Å². The van der Waals surface area contributed by atoms with Crippen molar-refractivity contribution in [1.29, 1.82) is 0 Å². The lowest BCUT2D eigenvalue weighted by molar-refractivity contribution is -0.122. The molecule has 1 aliphatic heterocycles. The van der Waals surface area contributed by atoms with Gasteiger partial charge in [-0.15, -0.1) is 0 Å². The summed E-state index contributed by atoms with van der Waals surface area (Å²) in [5.41, 5.74) is 2.20. The van der Waals surface area contributed by atoms with Crippen molar-refractivity contribution >= 4 is 17.6 Å². The van der Waals surface area contributed by atoms with E-state index in [-0.39, 0.29) is 17.7 Å². The zero-order valence-electron chi connectivity index (χ0n) is 14.3. The molecule has 0 spiro atoms. The average Bonchev–Trinajstić information content (AvgIpc) is 3.47. The summed E-state index contributed by atoms with van der Waals surface area (Å²) >= 11 is 0. The standard InChI is InChI=1S/C18H20N6O2/c25-17(12-1-2-12)21-7-8-24-11-15-14(18(24)26)3-4-16(23-15)22-10-13-9-19-5-6-20-13/h3-6,9,12H,1-2,7-8,10-11H2,(H,21,25)(H,22,23). The molecular formula is C18H20N6O2. The molecular weight excluding hydrogens is 332 g/mol. The number of amides is 2. The predicted octanol–water partition coefficient (Wildman–Crippen LogP) is 0.966. The topological polar surface area (TPSA) is 100 Å². The van der Waals surface area contributed by atoms with Gasteiger partial charge in [-0.2, -0.15) is 0 Å². The number of anilines is 1. The third kappa shape index (κ3) is 3.63. The van der Waals surface area contributed by atoms with Crippen molar-refractivity contribution in [1.82, 2.24) is 25.2 Å². The van der Waals surface area contributed by atoms with Crippen LogP contribution in [0.4, 0.5) is 5.82 Å². The molecule has 0 unspecified atom stereocenters. The van der Waals surface area contributed by atoms with Crippen LogP contribution < -0.4 is 10.6 Å². The Balaban J connectivity index is 1.33. The summed E-state index contributed by atoms with van der Waals surface area (Å²) in [6, 6.07) is 3.60. The van der Waals surface area contributed by atoms with E-state index in [4.69, 9.17) is 0 Å². The first kappa shape index (κ1) is 16.4. The number of carbonyl (C=O) groups excluding carboxylic acids is 2. The van der Waals surface area contributed by atoms with E-state index in [1.54, 1.807) is 35.6 Å². The quantitative estimate of drug-likeness (QED) is 0.770. The first-order valence-corrected chi connectivity index (χ1v) is 8.76. The van der Waals surface area contributed by atoms with E-state index in [9.17, 15) is 9.59 Å². The highest BCUT2D eigenvalue weighted by Gasteiger charge is 2.31. The van der Waals surface area contributed by atoms with Crippen LogP contribution in [0.1, 0.15) is 34.6 Å². The Labute approximate surface area is 151 Å². The average molecular weight is 352 g/mol. The lowest BCUT2D eigenvalue weighted by Gasteiger charge is -2.15. The molecule has 8 nitrogen and oxygen atoms in total. The van der Waals surface area contributed by atoms with Crippen molar-refractivity contribution in [3.8, 4) is 0 Å². The minimum atomic E-state index is -0.0337. The zero-order valence-corrected chi connectivity index (χ0v) is 14.3. The van der Waals surface area contributed by atoms with Crippen LogP contribution in [-0.2, 0) is 17.9 Å². The van der Waals surface area contributed by atoms with Gasteiger partial charge in [0.15, 0.2) is 0 Å². The minimum Gasteiger partial charge on any atom is -0.364 e. The molecule has 2 aliphatic rings. The first-order chi connectivity index (χ1) is 12.7. The van der Waals surface area contributed by atoms with Gasteiger partial charge in [-0.05, 0) is 25.0 Å². The van der Waals surface area contributed by atoms with Crippen molar-refractivity contribution in [2.75, 3.05) is 18.4 Å². The van der Waals surface area contributed by atoms with Gasteiger partial charge in [0, 0.05) is 31.4 Å². The number of nitrogens with one attached hydrogen (secondary N) is 2. The van der Waals surface area contributed by atoms with Crippen molar-refractivity contribution in [2.24, 2.45) is 5.92 Å². The Hall–Kier alpha value is -3.03. The van der Waals surface area contributed by atoms with Crippen molar-refractivity contribution in [3.05, 3.63) is 47.7 Å². The maximum atomic E-state index is 12.4. The first-order valence-electron chi connectivity index (χ1n) is 8.76. The van der Waals surface area contributed by atoms with Gasteiger partial charge in [-0.1, -0.05) is 0 Å². The van der Waals surface area contributed by atoms with Gasteiger partial charge < -0.3 is 15.5 Å². The Morgan fingerprint density at radius 3 is 2.92 bits per heavy atom. The lowest BCUT2D eigenvalue weighted by atomic mass is 10.2. The second-order valence-electron chi connectivity index (χ2n) is 6.53. The van der Waals surface area contributed by atoms with E-state index < -0.39 is 0 Å². The van der Waals surface area contributed by atoms with Crippen LogP contribution in [0.3, 0.4) is 0 Å². The van der Waals surface area contributed by atoms with E-state index in [0.29, 0.717) is 37.6 Å². The molecule has 1 saturated carbocycles. The maximum Gasteiger partial charge on any atom is 0.256 e. The van der Waals surface area contributed by atoms with Gasteiger partial charge in [-0.25, -0.2) is 4.98 Å². The summed E-state index contributed by atoms with van der Waals surface area (Å²) in [7, 11) is 0. The van der Waals surface area contributed by atoms with Gasteiger partial charge >= 0.3 is 0 Å². The Morgan fingerprint density at radius 1 is 1.27 bits per heavy atom. The lowest BCUT2D eigenvalue weighted by Crippen LogP contribution is -2.35. The predicted molar refractivity (Wildman–Crippen MR) is 94.1 cm³/mol. The van der Waals surface area contributed by atoms with Crippen molar-refractivity contribution < 1.29 is 9.59 Å². The number of aromatic nitrogens is 3. The van der Waals surface area contributed by atoms with Crippen LogP contribution in [-0.4, -0.2) is 44.8 Å². The number of pyridine rings is 1. The summed E-state index contributed by atoms with van der Waals surface area (Å²) in [5.74, 6) is 0.952. The molecule has 0 bridgehead atoms. The molecule has 0 atom stereocenters. The summed E-state index contributed by atoms with van der Waals surface area (Å²) in [6.07, 6.45) is 6.93. The summed E-state index contributed by atoms with van der Waals surface area (Å²) in [4.78, 5) is 38.6. The minimum absolute atomic E-state index is 0.0337. The van der Waals surface area contributed by atoms with Gasteiger partial charge in [-0.3, -0.25) is 19.6 Å². The molecule has 0 radical (unpaired) electrons. The van der Waals surface area contributed by atoms with Crippen molar-refractivity contribution in [2.45, 2.75) is 25.9 Å². The molecule has 0 saturated heterocycles. The molecule has 26 heavy (non-hydrogen) atoms. The third-order valence-corrected chi connectivity index (χ3v) is 4.53. The van der Waals surface area contributed by atoms with Crippen LogP contribution in [0, 0.1) is 5.92 Å². The SMILES string of the molecule is O=C(NCCN1Cc2nc(NCc3cnccn3)ccc2C1=O)C1CC1. The molecule has 2 amide bonds. The highest BCUT2D eigenvalue weighted by atomic mass is 16.2. The van der Waals surface area contributed by atoms with Crippen LogP contribution in [0.25, 0.3) is 0 Å². The molecule has 1 aliphatic carbocycles. The van der Waals surface area contributed by atoms with E-state index >= 15 is 0 Å². The molecule has 2 N–H and O–H groups in total. The molecule has 2 aromatic rings. The van der Waals surface area contributed by atoms with Gasteiger partial charge in [0.05, 0.1) is 36.2 Å². The van der Waals surface area contributed by atoms with Crippen LogP contribution in [0.15, 0.2) is 30.7 Å². The van der Waals surface area contributed by atoms with Crippen LogP contribution in [0.2, 0.25) is 0 Å². The molecule has 2 aromatic heterocycles. The number of nitrogens with zero attached hydrogens (tertiary/aromatic N) is 4. The van der Waals surface area contributed by atoms with E-state index in [0.717, 1.165) is 24.2 Å². The summed E-state index contributed by atoms with van der Waals surface area (Å²) in [5, 5.41) is 6.09.